The van der Waals surface area contributed by atoms with E-state index in [0.29, 0.717) is 0 Å². The number of nitriles is 1. The highest BCUT2D eigenvalue weighted by molar-refractivity contribution is 5.33. The maximum Gasteiger partial charge on any atom is 0.141 e. The topological polar surface area (TPSA) is 23.8 Å². The Balaban J connectivity index is 1.87. The second-order valence-corrected chi connectivity index (χ2v) is 5.59. The first-order chi connectivity index (χ1) is 8.69. The van der Waals surface area contributed by atoms with Crippen molar-refractivity contribution in [3.05, 3.63) is 35.1 Å². The van der Waals surface area contributed by atoms with Gasteiger partial charge in [0.05, 0.1) is 5.56 Å². The summed E-state index contributed by atoms with van der Waals surface area (Å²) >= 11 is 0. The molecule has 96 valence electrons. The average molecular weight is 245 g/mol. The van der Waals surface area contributed by atoms with Gasteiger partial charge in [0.25, 0.3) is 0 Å². The molecule has 1 saturated carbocycles. The molecule has 18 heavy (non-hydrogen) atoms. The van der Waals surface area contributed by atoms with Crippen LogP contribution in [0, 0.1) is 29.0 Å². The molecule has 0 radical (unpaired) electrons. The van der Waals surface area contributed by atoms with Gasteiger partial charge in [0.2, 0.25) is 0 Å². The molecule has 0 saturated heterocycles. The van der Waals surface area contributed by atoms with Gasteiger partial charge in [0, 0.05) is 0 Å². The van der Waals surface area contributed by atoms with E-state index in [0.717, 1.165) is 30.2 Å². The summed E-state index contributed by atoms with van der Waals surface area (Å²) in [4.78, 5) is 0. The number of hydrogen-bond donors (Lipinski definition) is 0. The molecule has 0 amide bonds. The molecule has 2 rings (SSSR count). The van der Waals surface area contributed by atoms with Crippen molar-refractivity contribution < 1.29 is 4.39 Å². The van der Waals surface area contributed by atoms with E-state index in [1.54, 1.807) is 6.07 Å². The first kappa shape index (κ1) is 13.1. The number of halogens is 1. The fourth-order valence-electron chi connectivity index (χ4n) is 2.79. The molecule has 0 bridgehead atoms. The van der Waals surface area contributed by atoms with Crippen LogP contribution in [0.5, 0.6) is 0 Å². The van der Waals surface area contributed by atoms with E-state index in [1.807, 2.05) is 12.1 Å². The zero-order valence-electron chi connectivity index (χ0n) is 11.0. The van der Waals surface area contributed by atoms with Crippen LogP contribution in [0.2, 0.25) is 0 Å². The van der Waals surface area contributed by atoms with Crippen molar-refractivity contribution in [1.82, 2.24) is 0 Å². The smallest absolute Gasteiger partial charge is 0.141 e. The molecule has 0 aliphatic heterocycles. The third kappa shape index (κ3) is 3.32. The minimum absolute atomic E-state index is 0.144. The van der Waals surface area contributed by atoms with Crippen LogP contribution < -0.4 is 0 Å². The third-order valence-electron chi connectivity index (χ3n) is 4.13. The molecule has 1 aliphatic rings. The van der Waals surface area contributed by atoms with Gasteiger partial charge < -0.3 is 0 Å². The van der Waals surface area contributed by atoms with Crippen LogP contribution in [-0.4, -0.2) is 0 Å². The fourth-order valence-corrected chi connectivity index (χ4v) is 2.79. The lowest BCUT2D eigenvalue weighted by Gasteiger charge is -2.26. The van der Waals surface area contributed by atoms with E-state index in [4.69, 9.17) is 5.26 Å². The van der Waals surface area contributed by atoms with Crippen LogP contribution in [-0.2, 0) is 6.42 Å². The second-order valence-electron chi connectivity index (χ2n) is 5.59. The predicted molar refractivity (Wildman–Crippen MR) is 70.6 cm³/mol. The number of nitrogens with zero attached hydrogens (tertiary/aromatic N) is 1. The lowest BCUT2D eigenvalue weighted by molar-refractivity contribution is 0.277. The second kappa shape index (κ2) is 6.00. The molecule has 0 heterocycles. The molecule has 0 unspecified atom stereocenters. The quantitative estimate of drug-likeness (QED) is 0.771. The zero-order valence-corrected chi connectivity index (χ0v) is 11.0. The minimum Gasteiger partial charge on any atom is -0.206 e. The van der Waals surface area contributed by atoms with E-state index >= 15 is 0 Å². The summed E-state index contributed by atoms with van der Waals surface area (Å²) in [6.45, 7) is 2.33. The molecular weight excluding hydrogens is 225 g/mol. The summed E-state index contributed by atoms with van der Waals surface area (Å²) < 4.78 is 13.4. The van der Waals surface area contributed by atoms with Crippen LogP contribution in [0.15, 0.2) is 18.2 Å². The van der Waals surface area contributed by atoms with Crippen molar-refractivity contribution in [2.75, 3.05) is 0 Å². The monoisotopic (exact) mass is 245 g/mol. The molecule has 0 aromatic heterocycles. The number of benzene rings is 1. The van der Waals surface area contributed by atoms with Crippen LogP contribution in [0.1, 0.15) is 50.2 Å². The number of aryl methyl sites for hydroxylation is 1. The van der Waals surface area contributed by atoms with Gasteiger partial charge in [-0.15, -0.1) is 0 Å². The zero-order chi connectivity index (χ0) is 13.0. The maximum atomic E-state index is 13.4. The summed E-state index contributed by atoms with van der Waals surface area (Å²) in [7, 11) is 0. The number of rotatable bonds is 3. The van der Waals surface area contributed by atoms with Gasteiger partial charge in [-0.25, -0.2) is 4.39 Å². The van der Waals surface area contributed by atoms with Crippen LogP contribution in [0.3, 0.4) is 0 Å². The molecule has 0 N–H and O–H groups in total. The van der Waals surface area contributed by atoms with E-state index < -0.39 is 0 Å². The molecule has 1 nitrogen and oxygen atoms in total. The van der Waals surface area contributed by atoms with Crippen LogP contribution in [0.25, 0.3) is 0 Å². The summed E-state index contributed by atoms with van der Waals surface area (Å²) in [5.41, 5.74) is 1.16. The summed E-state index contributed by atoms with van der Waals surface area (Å²) in [5.74, 6) is 1.31. The SMILES string of the molecule is CC1CCC(CCc2ccc(C#N)c(F)c2)CC1. The molecule has 2 heteroatoms. The Morgan fingerprint density at radius 1 is 1.28 bits per heavy atom. The van der Waals surface area contributed by atoms with Crippen LogP contribution >= 0.6 is 0 Å². The van der Waals surface area contributed by atoms with Crippen LogP contribution in [0.4, 0.5) is 4.39 Å². The van der Waals surface area contributed by atoms with Crippen molar-refractivity contribution in [3.8, 4) is 6.07 Å². The highest BCUT2D eigenvalue weighted by atomic mass is 19.1. The van der Waals surface area contributed by atoms with Crippen molar-refractivity contribution >= 4 is 0 Å². The third-order valence-corrected chi connectivity index (χ3v) is 4.13. The summed E-state index contributed by atoms with van der Waals surface area (Å²) in [6.07, 6.45) is 7.40. The van der Waals surface area contributed by atoms with E-state index in [1.165, 1.54) is 31.7 Å². The van der Waals surface area contributed by atoms with Crippen molar-refractivity contribution in [1.29, 1.82) is 5.26 Å². The number of hydrogen-bond acceptors (Lipinski definition) is 1. The van der Waals surface area contributed by atoms with Gasteiger partial charge in [-0.05, 0) is 42.4 Å². The average Bonchev–Trinajstić information content (AvgIpc) is 2.38. The van der Waals surface area contributed by atoms with E-state index in [-0.39, 0.29) is 11.4 Å². The lowest BCUT2D eigenvalue weighted by atomic mass is 9.80. The maximum absolute atomic E-state index is 13.4. The lowest BCUT2D eigenvalue weighted by Crippen LogP contribution is -2.12. The molecule has 1 aliphatic carbocycles. The highest BCUT2D eigenvalue weighted by Crippen LogP contribution is 2.31. The molecule has 1 aromatic carbocycles. The van der Waals surface area contributed by atoms with E-state index in [9.17, 15) is 4.39 Å². The standard InChI is InChI=1S/C16H20FN/c1-12-2-4-13(5-3-12)6-7-14-8-9-15(11-18)16(17)10-14/h8-10,12-13H,2-7H2,1H3. The first-order valence-corrected chi connectivity index (χ1v) is 6.87. The molecule has 1 fully saturated rings. The van der Waals surface area contributed by atoms with Gasteiger partial charge in [0.15, 0.2) is 0 Å². The predicted octanol–water partition coefficient (Wildman–Crippen LogP) is 4.46. The molecule has 0 atom stereocenters. The van der Waals surface area contributed by atoms with Crippen molar-refractivity contribution in [2.24, 2.45) is 11.8 Å². The highest BCUT2D eigenvalue weighted by Gasteiger charge is 2.17. The molecular formula is C16H20FN. The van der Waals surface area contributed by atoms with Gasteiger partial charge in [-0.3, -0.25) is 0 Å². The van der Waals surface area contributed by atoms with E-state index in [2.05, 4.69) is 6.92 Å². The Morgan fingerprint density at radius 3 is 2.61 bits per heavy atom. The van der Waals surface area contributed by atoms with Gasteiger partial charge in [-0.2, -0.15) is 5.26 Å². The first-order valence-electron chi connectivity index (χ1n) is 6.87. The fraction of sp³-hybridized carbons (Fsp3) is 0.562. The normalized spacial score (nSPS) is 23.6. The molecule has 1 aromatic rings. The van der Waals surface area contributed by atoms with Crippen molar-refractivity contribution in [3.63, 3.8) is 0 Å². The Labute approximate surface area is 109 Å². The Hall–Kier alpha value is -1.36. The Kier molecular flexibility index (Phi) is 4.36. The minimum atomic E-state index is -0.382. The summed E-state index contributed by atoms with van der Waals surface area (Å²) in [6, 6.07) is 6.85. The van der Waals surface area contributed by atoms with Gasteiger partial charge in [-0.1, -0.05) is 38.7 Å². The van der Waals surface area contributed by atoms with Crippen molar-refractivity contribution in [2.45, 2.75) is 45.4 Å². The Bertz CT molecular complexity index is 439. The Morgan fingerprint density at radius 2 is 2.00 bits per heavy atom. The molecule has 0 spiro atoms. The van der Waals surface area contributed by atoms with Gasteiger partial charge in [0.1, 0.15) is 11.9 Å². The van der Waals surface area contributed by atoms with Gasteiger partial charge >= 0.3 is 0 Å². The largest absolute Gasteiger partial charge is 0.206 e. The summed E-state index contributed by atoms with van der Waals surface area (Å²) in [5, 5.41) is 8.68.